The third-order valence-electron chi connectivity index (χ3n) is 1.53. The smallest absolute Gasteiger partial charge is 0.269 e. The van der Waals surface area contributed by atoms with Crippen molar-refractivity contribution in [2.24, 2.45) is 0 Å². The second kappa shape index (κ2) is 4.56. The standard InChI is InChI=1S/C7H7BrClN3O2/c1-10-4(13)2-12-3-11-6(9)5(8)7(12)14/h3H,2H2,1H3,(H,10,13). The molecule has 0 saturated carbocycles. The van der Waals surface area contributed by atoms with Crippen LogP contribution in [0.25, 0.3) is 0 Å². The molecule has 0 unspecified atom stereocenters. The molecule has 5 nitrogen and oxygen atoms in total. The fraction of sp³-hybridized carbons (Fsp3) is 0.286. The molecule has 0 atom stereocenters. The number of carbonyl (C=O) groups excluding carboxylic acids is 1. The lowest BCUT2D eigenvalue weighted by atomic mass is 10.5. The summed E-state index contributed by atoms with van der Waals surface area (Å²) < 4.78 is 1.32. The highest BCUT2D eigenvalue weighted by Crippen LogP contribution is 2.13. The Morgan fingerprint density at radius 1 is 1.79 bits per heavy atom. The molecule has 1 N–H and O–H groups in total. The van der Waals surface area contributed by atoms with Gasteiger partial charge in [-0.2, -0.15) is 0 Å². The molecule has 7 heteroatoms. The normalized spacial score (nSPS) is 9.93. The highest BCUT2D eigenvalue weighted by Gasteiger charge is 2.08. The van der Waals surface area contributed by atoms with Crippen LogP contribution in [0.4, 0.5) is 0 Å². The number of rotatable bonds is 2. The molecule has 1 aromatic rings. The van der Waals surface area contributed by atoms with E-state index in [9.17, 15) is 9.59 Å². The quantitative estimate of drug-likeness (QED) is 0.798. The van der Waals surface area contributed by atoms with Crippen molar-refractivity contribution in [3.63, 3.8) is 0 Å². The van der Waals surface area contributed by atoms with Gasteiger partial charge in [0.25, 0.3) is 5.56 Å². The van der Waals surface area contributed by atoms with Gasteiger partial charge in [-0.15, -0.1) is 0 Å². The van der Waals surface area contributed by atoms with E-state index < -0.39 is 0 Å². The molecule has 0 radical (unpaired) electrons. The van der Waals surface area contributed by atoms with E-state index in [4.69, 9.17) is 11.6 Å². The van der Waals surface area contributed by atoms with E-state index in [1.54, 1.807) is 0 Å². The van der Waals surface area contributed by atoms with E-state index in [2.05, 4.69) is 26.2 Å². The molecule has 1 amide bonds. The average Bonchev–Trinajstić information content (AvgIpc) is 2.19. The Kier molecular flexibility index (Phi) is 3.65. The van der Waals surface area contributed by atoms with Gasteiger partial charge >= 0.3 is 0 Å². The lowest BCUT2D eigenvalue weighted by molar-refractivity contribution is -0.121. The van der Waals surface area contributed by atoms with E-state index in [0.29, 0.717) is 0 Å². The number of carbonyl (C=O) groups is 1. The molecule has 0 fully saturated rings. The minimum atomic E-state index is -0.381. The summed E-state index contributed by atoms with van der Waals surface area (Å²) in [5.41, 5.74) is -0.381. The van der Waals surface area contributed by atoms with E-state index in [0.717, 1.165) is 4.57 Å². The first-order valence-corrected chi connectivity index (χ1v) is 4.84. The van der Waals surface area contributed by atoms with E-state index in [-0.39, 0.29) is 27.6 Å². The van der Waals surface area contributed by atoms with Crippen molar-refractivity contribution in [2.45, 2.75) is 6.54 Å². The molecule has 1 rings (SSSR count). The second-order valence-electron chi connectivity index (χ2n) is 2.46. The van der Waals surface area contributed by atoms with Crippen molar-refractivity contribution in [1.29, 1.82) is 0 Å². The molecule has 76 valence electrons. The van der Waals surface area contributed by atoms with Crippen LogP contribution in [0, 0.1) is 0 Å². The van der Waals surface area contributed by atoms with Gasteiger partial charge in [-0.05, 0) is 15.9 Å². The van der Waals surface area contributed by atoms with E-state index in [1.807, 2.05) is 0 Å². The monoisotopic (exact) mass is 279 g/mol. The summed E-state index contributed by atoms with van der Waals surface area (Å²) in [5, 5.41) is 2.49. The molecular weight excluding hydrogens is 273 g/mol. The summed E-state index contributed by atoms with van der Waals surface area (Å²) in [5.74, 6) is -0.275. The highest BCUT2D eigenvalue weighted by atomic mass is 79.9. The molecule has 0 spiro atoms. The lowest BCUT2D eigenvalue weighted by Crippen LogP contribution is -2.30. The van der Waals surface area contributed by atoms with Crippen LogP contribution in [0.5, 0.6) is 0 Å². The highest BCUT2D eigenvalue weighted by molar-refractivity contribution is 9.10. The second-order valence-corrected chi connectivity index (χ2v) is 3.61. The van der Waals surface area contributed by atoms with Crippen molar-refractivity contribution in [3.05, 3.63) is 26.3 Å². The van der Waals surface area contributed by atoms with Crippen LogP contribution in [-0.2, 0) is 11.3 Å². The molecule has 0 bridgehead atoms. The fourth-order valence-corrected chi connectivity index (χ4v) is 1.24. The Morgan fingerprint density at radius 3 is 3.00 bits per heavy atom. The fourth-order valence-electron chi connectivity index (χ4n) is 0.790. The summed E-state index contributed by atoms with van der Waals surface area (Å²) in [6.45, 7) is -0.0713. The van der Waals surface area contributed by atoms with Gasteiger partial charge in [0.1, 0.15) is 11.0 Å². The summed E-state index contributed by atoms with van der Waals surface area (Å²) in [6, 6.07) is 0. The van der Waals surface area contributed by atoms with Crippen molar-refractivity contribution >= 4 is 33.4 Å². The van der Waals surface area contributed by atoms with Gasteiger partial charge in [-0.25, -0.2) is 4.98 Å². The van der Waals surface area contributed by atoms with Crippen molar-refractivity contribution in [1.82, 2.24) is 14.9 Å². The molecular formula is C7H7BrClN3O2. The first kappa shape index (κ1) is 11.2. The van der Waals surface area contributed by atoms with Crippen LogP contribution >= 0.6 is 27.5 Å². The van der Waals surface area contributed by atoms with Gasteiger partial charge in [-0.3, -0.25) is 14.2 Å². The molecule has 0 aliphatic carbocycles. The van der Waals surface area contributed by atoms with Crippen LogP contribution < -0.4 is 10.9 Å². The summed E-state index contributed by atoms with van der Waals surface area (Å²) in [4.78, 5) is 26.2. The van der Waals surface area contributed by atoms with Crippen molar-refractivity contribution in [3.8, 4) is 0 Å². The third-order valence-corrected chi connectivity index (χ3v) is 2.76. The number of nitrogens with zero attached hydrogens (tertiary/aromatic N) is 2. The minimum Gasteiger partial charge on any atom is -0.358 e. The van der Waals surface area contributed by atoms with Crippen LogP contribution in [0.1, 0.15) is 0 Å². The molecule has 1 aromatic heterocycles. The topological polar surface area (TPSA) is 64.0 Å². The molecule has 0 aliphatic heterocycles. The Bertz CT molecular complexity index is 418. The molecule has 1 heterocycles. The zero-order valence-corrected chi connectivity index (χ0v) is 9.59. The maximum absolute atomic E-state index is 11.5. The van der Waals surface area contributed by atoms with Gasteiger partial charge < -0.3 is 5.32 Å². The predicted molar refractivity (Wildman–Crippen MR) is 55.3 cm³/mol. The summed E-state index contributed by atoms with van der Waals surface area (Å²) in [7, 11) is 1.49. The number of nitrogens with one attached hydrogen (secondary N) is 1. The van der Waals surface area contributed by atoms with Gasteiger partial charge in [0.15, 0.2) is 5.15 Å². The summed E-state index contributed by atoms with van der Waals surface area (Å²) in [6.07, 6.45) is 1.23. The summed E-state index contributed by atoms with van der Waals surface area (Å²) >= 11 is 8.57. The number of hydrogen-bond acceptors (Lipinski definition) is 3. The molecule has 0 aromatic carbocycles. The van der Waals surface area contributed by atoms with Gasteiger partial charge in [0.2, 0.25) is 5.91 Å². The Morgan fingerprint density at radius 2 is 2.43 bits per heavy atom. The lowest BCUT2D eigenvalue weighted by Gasteiger charge is -2.04. The first-order valence-electron chi connectivity index (χ1n) is 3.67. The van der Waals surface area contributed by atoms with Gasteiger partial charge in [0, 0.05) is 7.05 Å². The zero-order chi connectivity index (χ0) is 10.7. The van der Waals surface area contributed by atoms with E-state index >= 15 is 0 Å². The van der Waals surface area contributed by atoms with Crippen LogP contribution in [-0.4, -0.2) is 22.5 Å². The Hall–Kier alpha value is -0.880. The number of likely N-dealkylation sites (N-methyl/N-ethyl adjacent to an activating group) is 1. The van der Waals surface area contributed by atoms with Crippen LogP contribution in [0.3, 0.4) is 0 Å². The largest absolute Gasteiger partial charge is 0.358 e. The maximum atomic E-state index is 11.5. The number of aromatic nitrogens is 2. The SMILES string of the molecule is CNC(=O)Cn1cnc(Cl)c(Br)c1=O. The predicted octanol–water partition coefficient (Wildman–Crippen LogP) is 0.405. The number of amides is 1. The molecule has 0 saturated heterocycles. The Labute approximate surface area is 93.2 Å². The third kappa shape index (κ3) is 2.33. The molecule has 14 heavy (non-hydrogen) atoms. The van der Waals surface area contributed by atoms with Crippen LogP contribution in [0.15, 0.2) is 15.6 Å². The first-order chi connectivity index (χ1) is 6.56. The maximum Gasteiger partial charge on any atom is 0.269 e. The van der Waals surface area contributed by atoms with Crippen molar-refractivity contribution in [2.75, 3.05) is 7.05 Å². The minimum absolute atomic E-state index is 0.0713. The van der Waals surface area contributed by atoms with Gasteiger partial charge in [0.05, 0.1) is 6.33 Å². The van der Waals surface area contributed by atoms with Crippen LogP contribution in [0.2, 0.25) is 5.15 Å². The van der Waals surface area contributed by atoms with E-state index in [1.165, 1.54) is 13.4 Å². The average molecular weight is 281 g/mol. The Balaban J connectivity index is 3.06. The van der Waals surface area contributed by atoms with Crippen molar-refractivity contribution < 1.29 is 4.79 Å². The number of halogens is 2. The van der Waals surface area contributed by atoms with Gasteiger partial charge in [-0.1, -0.05) is 11.6 Å². The zero-order valence-electron chi connectivity index (χ0n) is 7.25. The number of hydrogen-bond donors (Lipinski definition) is 1. The molecule has 0 aliphatic rings.